The molecule has 0 fully saturated rings. The molecule has 6 nitrogen and oxygen atoms in total. The summed E-state index contributed by atoms with van der Waals surface area (Å²) in [5.41, 5.74) is 18.9. The second kappa shape index (κ2) is 10.5. The molecule has 0 aliphatic heterocycles. The molecule has 23 heavy (non-hydrogen) atoms. The second-order valence-corrected chi connectivity index (χ2v) is 7.09. The average Bonchev–Trinajstić information content (AvgIpc) is 2.55. The predicted molar refractivity (Wildman–Crippen MR) is 98.0 cm³/mol. The van der Waals surface area contributed by atoms with Crippen LogP contribution in [0.15, 0.2) is 24.3 Å². The first kappa shape index (κ1) is 19.8. The number of hydrogen-bond acceptors (Lipinski definition) is 6. The van der Waals surface area contributed by atoms with Crippen LogP contribution in [0.1, 0.15) is 11.1 Å². The molecule has 0 radical (unpaired) electrons. The van der Waals surface area contributed by atoms with E-state index in [9.17, 15) is 9.59 Å². The van der Waals surface area contributed by atoms with E-state index in [-0.39, 0.29) is 5.91 Å². The summed E-state index contributed by atoms with van der Waals surface area (Å²) in [6.45, 7) is 0. The molecule has 0 spiro atoms. The Hall–Kier alpha value is -1.22. The van der Waals surface area contributed by atoms with Gasteiger partial charge in [0.05, 0.1) is 12.1 Å². The van der Waals surface area contributed by atoms with E-state index in [2.05, 4.69) is 17.4 Å². The molecule has 8 heteroatoms. The first-order valence-electron chi connectivity index (χ1n) is 7.20. The van der Waals surface area contributed by atoms with Gasteiger partial charge in [-0.25, -0.2) is 0 Å². The summed E-state index contributed by atoms with van der Waals surface area (Å²) in [6.07, 6.45) is 0. The number of rotatable bonds is 10. The van der Waals surface area contributed by atoms with Crippen LogP contribution in [-0.4, -0.2) is 42.5 Å². The SMILES string of the molecule is CNC(=O)[C@@H](N)CSCc1ccccc1CSC[C@H](N)C(N)=O. The van der Waals surface area contributed by atoms with Gasteiger partial charge in [-0.1, -0.05) is 24.3 Å². The number of primary amides is 1. The van der Waals surface area contributed by atoms with E-state index >= 15 is 0 Å². The molecule has 0 unspecified atom stereocenters. The molecule has 0 aliphatic carbocycles. The maximum Gasteiger partial charge on any atom is 0.237 e. The van der Waals surface area contributed by atoms with Gasteiger partial charge in [0, 0.05) is 30.1 Å². The van der Waals surface area contributed by atoms with E-state index in [1.54, 1.807) is 30.6 Å². The van der Waals surface area contributed by atoms with Gasteiger partial charge in [0.25, 0.3) is 0 Å². The number of nitrogens with two attached hydrogens (primary N) is 3. The van der Waals surface area contributed by atoms with E-state index < -0.39 is 18.0 Å². The molecule has 0 saturated carbocycles. The summed E-state index contributed by atoms with van der Waals surface area (Å²) in [6, 6.07) is 6.96. The molecule has 0 aliphatic rings. The molecule has 0 heterocycles. The van der Waals surface area contributed by atoms with Crippen LogP contribution in [0.2, 0.25) is 0 Å². The van der Waals surface area contributed by atoms with E-state index in [4.69, 9.17) is 17.2 Å². The fourth-order valence-electron chi connectivity index (χ4n) is 1.77. The molecule has 2 amide bonds. The maximum atomic E-state index is 11.4. The molecule has 7 N–H and O–H groups in total. The first-order chi connectivity index (χ1) is 11.0. The van der Waals surface area contributed by atoms with Crippen LogP contribution in [0.4, 0.5) is 0 Å². The van der Waals surface area contributed by atoms with Crippen molar-refractivity contribution in [2.75, 3.05) is 18.6 Å². The third-order valence-corrected chi connectivity index (χ3v) is 5.40. The van der Waals surface area contributed by atoms with Crippen molar-refractivity contribution in [3.63, 3.8) is 0 Å². The quantitative estimate of drug-likeness (QED) is 0.469. The number of thioether (sulfide) groups is 2. The fraction of sp³-hybridized carbons (Fsp3) is 0.467. The predicted octanol–water partition coefficient (Wildman–Crippen LogP) is 0.0389. The Morgan fingerprint density at radius 3 is 1.96 bits per heavy atom. The van der Waals surface area contributed by atoms with Crippen molar-refractivity contribution in [3.05, 3.63) is 35.4 Å². The number of amides is 2. The largest absolute Gasteiger partial charge is 0.368 e. The van der Waals surface area contributed by atoms with Gasteiger partial charge in [-0.05, 0) is 11.1 Å². The van der Waals surface area contributed by atoms with Crippen molar-refractivity contribution >= 4 is 35.3 Å². The summed E-state index contributed by atoms with van der Waals surface area (Å²) in [4.78, 5) is 22.3. The lowest BCUT2D eigenvalue weighted by atomic mass is 10.1. The smallest absolute Gasteiger partial charge is 0.237 e. The molecule has 1 aromatic rings. The molecule has 1 rings (SSSR count). The normalized spacial score (nSPS) is 13.3. The fourth-order valence-corrected chi connectivity index (χ4v) is 3.84. The Kier molecular flexibility index (Phi) is 9.08. The summed E-state index contributed by atoms with van der Waals surface area (Å²) in [5, 5.41) is 2.54. The average molecular weight is 357 g/mol. The van der Waals surface area contributed by atoms with Gasteiger partial charge in [0.2, 0.25) is 11.8 Å². The molecule has 0 saturated heterocycles. The second-order valence-electron chi connectivity index (χ2n) is 5.03. The number of nitrogens with one attached hydrogen (secondary N) is 1. The number of benzene rings is 1. The standard InChI is InChI=1S/C15H24N4O2S2/c1-19-15(21)13(17)9-23-7-11-5-3-2-4-10(11)6-22-8-12(16)14(18)20/h2-5,12-13H,6-9,16-17H2,1H3,(H2,18,20)(H,19,21)/t12-,13-/m0/s1. The van der Waals surface area contributed by atoms with Crippen LogP contribution >= 0.6 is 23.5 Å². The van der Waals surface area contributed by atoms with Crippen molar-refractivity contribution in [2.45, 2.75) is 23.6 Å². The van der Waals surface area contributed by atoms with Crippen LogP contribution in [-0.2, 0) is 21.1 Å². The zero-order valence-electron chi connectivity index (χ0n) is 13.2. The molecular weight excluding hydrogens is 332 g/mol. The zero-order chi connectivity index (χ0) is 17.2. The van der Waals surface area contributed by atoms with E-state index in [1.807, 2.05) is 12.1 Å². The zero-order valence-corrected chi connectivity index (χ0v) is 14.8. The van der Waals surface area contributed by atoms with Crippen molar-refractivity contribution in [1.29, 1.82) is 0 Å². The van der Waals surface area contributed by atoms with Gasteiger partial charge in [-0.2, -0.15) is 23.5 Å². The van der Waals surface area contributed by atoms with Gasteiger partial charge in [-0.3, -0.25) is 9.59 Å². The molecular formula is C15H24N4O2S2. The number of hydrogen-bond donors (Lipinski definition) is 4. The lowest BCUT2D eigenvalue weighted by molar-refractivity contribution is -0.121. The van der Waals surface area contributed by atoms with Gasteiger partial charge >= 0.3 is 0 Å². The minimum absolute atomic E-state index is 0.151. The summed E-state index contributed by atoms with van der Waals surface area (Å²) in [7, 11) is 1.58. The highest BCUT2D eigenvalue weighted by atomic mass is 32.2. The van der Waals surface area contributed by atoms with Crippen LogP contribution in [0.5, 0.6) is 0 Å². The Morgan fingerprint density at radius 2 is 1.52 bits per heavy atom. The highest BCUT2D eigenvalue weighted by molar-refractivity contribution is 7.98. The summed E-state index contributed by atoms with van der Waals surface area (Å²) < 4.78 is 0. The number of carbonyl (C=O) groups excluding carboxylic acids is 2. The lowest BCUT2D eigenvalue weighted by Gasteiger charge is -2.12. The van der Waals surface area contributed by atoms with Crippen LogP contribution in [0.25, 0.3) is 0 Å². The maximum absolute atomic E-state index is 11.4. The van der Waals surface area contributed by atoms with Crippen molar-refractivity contribution in [2.24, 2.45) is 17.2 Å². The van der Waals surface area contributed by atoms with E-state index in [0.29, 0.717) is 11.5 Å². The van der Waals surface area contributed by atoms with Crippen molar-refractivity contribution < 1.29 is 9.59 Å². The van der Waals surface area contributed by atoms with Gasteiger partial charge in [0.15, 0.2) is 0 Å². The first-order valence-corrected chi connectivity index (χ1v) is 9.51. The minimum Gasteiger partial charge on any atom is -0.368 e. The Morgan fingerprint density at radius 1 is 1.04 bits per heavy atom. The summed E-state index contributed by atoms with van der Waals surface area (Å²) >= 11 is 3.20. The third kappa shape index (κ3) is 7.26. The van der Waals surface area contributed by atoms with E-state index in [0.717, 1.165) is 11.5 Å². The Labute approximate surface area is 145 Å². The topological polar surface area (TPSA) is 124 Å². The van der Waals surface area contributed by atoms with Gasteiger partial charge < -0.3 is 22.5 Å². The van der Waals surface area contributed by atoms with Crippen molar-refractivity contribution in [3.8, 4) is 0 Å². The summed E-state index contributed by atoms with van der Waals surface area (Å²) in [5.74, 6) is 1.97. The third-order valence-electron chi connectivity index (χ3n) is 3.18. The van der Waals surface area contributed by atoms with Gasteiger partial charge in [-0.15, -0.1) is 0 Å². The molecule has 0 aromatic heterocycles. The van der Waals surface area contributed by atoms with Crippen LogP contribution in [0.3, 0.4) is 0 Å². The van der Waals surface area contributed by atoms with Gasteiger partial charge in [0.1, 0.15) is 0 Å². The Bertz CT molecular complexity index is 528. The number of likely N-dealkylation sites (N-methyl/N-ethyl adjacent to an activating group) is 1. The molecule has 2 atom stereocenters. The van der Waals surface area contributed by atoms with Crippen LogP contribution in [0, 0.1) is 0 Å². The molecule has 128 valence electrons. The van der Waals surface area contributed by atoms with Crippen molar-refractivity contribution in [1.82, 2.24) is 5.32 Å². The molecule has 0 bridgehead atoms. The minimum atomic E-state index is -0.618. The molecule has 1 aromatic carbocycles. The Balaban J connectivity index is 2.47. The van der Waals surface area contributed by atoms with E-state index in [1.165, 1.54) is 11.1 Å². The number of carbonyl (C=O) groups is 2. The lowest BCUT2D eigenvalue weighted by Crippen LogP contribution is -2.40. The monoisotopic (exact) mass is 356 g/mol. The highest BCUT2D eigenvalue weighted by Gasteiger charge is 2.12. The van der Waals surface area contributed by atoms with Crippen LogP contribution < -0.4 is 22.5 Å². The highest BCUT2D eigenvalue weighted by Crippen LogP contribution is 2.21.